The average molecular weight is 368 g/mol. The molecule has 5 nitrogen and oxygen atoms in total. The number of carbonyl (C=O) groups excluding carboxylic acids is 2. The van der Waals surface area contributed by atoms with Crippen LogP contribution in [0, 0.1) is 0 Å². The Labute approximate surface area is 159 Å². The van der Waals surface area contributed by atoms with Crippen LogP contribution in [0.4, 0.5) is 0 Å². The SMILES string of the molecule is O=C(O)CCCOC(=O)C(=O)CCCCc1ccc(-c2ccccc2)cc1. The van der Waals surface area contributed by atoms with Gasteiger partial charge in [-0.15, -0.1) is 0 Å². The van der Waals surface area contributed by atoms with E-state index < -0.39 is 17.7 Å². The van der Waals surface area contributed by atoms with Gasteiger partial charge in [0.1, 0.15) is 0 Å². The molecule has 0 fully saturated rings. The molecule has 0 unspecified atom stereocenters. The minimum Gasteiger partial charge on any atom is -0.481 e. The third-order valence-electron chi connectivity index (χ3n) is 4.18. The lowest BCUT2D eigenvalue weighted by Gasteiger charge is -2.05. The Morgan fingerprint density at radius 1 is 0.778 bits per heavy atom. The number of ether oxygens (including phenoxy) is 1. The second-order valence-electron chi connectivity index (χ2n) is 6.33. The van der Waals surface area contributed by atoms with Gasteiger partial charge in [-0.3, -0.25) is 9.59 Å². The highest BCUT2D eigenvalue weighted by Crippen LogP contribution is 2.20. The summed E-state index contributed by atoms with van der Waals surface area (Å²) in [5.74, 6) is -2.37. The summed E-state index contributed by atoms with van der Waals surface area (Å²) in [6.45, 7) is -0.0371. The van der Waals surface area contributed by atoms with Crippen LogP contribution in [0.2, 0.25) is 0 Å². The van der Waals surface area contributed by atoms with Crippen LogP contribution in [0.3, 0.4) is 0 Å². The van der Waals surface area contributed by atoms with E-state index in [0.29, 0.717) is 6.42 Å². The maximum atomic E-state index is 11.7. The van der Waals surface area contributed by atoms with Crippen molar-refractivity contribution in [1.29, 1.82) is 0 Å². The highest BCUT2D eigenvalue weighted by Gasteiger charge is 2.14. The van der Waals surface area contributed by atoms with Crippen molar-refractivity contribution < 1.29 is 24.2 Å². The molecule has 0 bridgehead atoms. The van der Waals surface area contributed by atoms with E-state index in [-0.39, 0.29) is 25.9 Å². The average Bonchev–Trinajstić information content (AvgIpc) is 2.69. The number of hydrogen-bond acceptors (Lipinski definition) is 4. The second-order valence-corrected chi connectivity index (χ2v) is 6.33. The fourth-order valence-electron chi connectivity index (χ4n) is 2.68. The van der Waals surface area contributed by atoms with Crippen LogP contribution >= 0.6 is 0 Å². The molecule has 0 saturated carbocycles. The molecule has 27 heavy (non-hydrogen) atoms. The molecule has 2 aromatic rings. The lowest BCUT2D eigenvalue weighted by molar-refractivity contribution is -0.154. The van der Waals surface area contributed by atoms with Crippen LogP contribution in [0.15, 0.2) is 54.6 Å². The fourth-order valence-corrected chi connectivity index (χ4v) is 2.68. The van der Waals surface area contributed by atoms with E-state index in [4.69, 9.17) is 9.84 Å². The van der Waals surface area contributed by atoms with Crippen LogP contribution < -0.4 is 0 Å². The normalized spacial score (nSPS) is 10.4. The van der Waals surface area contributed by atoms with E-state index in [2.05, 4.69) is 36.4 Å². The van der Waals surface area contributed by atoms with Gasteiger partial charge in [0.05, 0.1) is 6.61 Å². The molecule has 0 aliphatic heterocycles. The van der Waals surface area contributed by atoms with E-state index in [1.54, 1.807) is 0 Å². The van der Waals surface area contributed by atoms with Crippen LogP contribution in [0.1, 0.15) is 37.7 Å². The largest absolute Gasteiger partial charge is 0.481 e. The molecule has 0 heterocycles. The van der Waals surface area contributed by atoms with Gasteiger partial charge in [-0.2, -0.15) is 0 Å². The van der Waals surface area contributed by atoms with Gasteiger partial charge in [0.15, 0.2) is 0 Å². The Bertz CT molecular complexity index is 750. The number of carboxylic acids is 1. The molecule has 2 rings (SSSR count). The Hall–Kier alpha value is -2.95. The van der Waals surface area contributed by atoms with Crippen molar-refractivity contribution in [1.82, 2.24) is 0 Å². The summed E-state index contributed by atoms with van der Waals surface area (Å²) in [5.41, 5.74) is 3.54. The zero-order chi connectivity index (χ0) is 19.5. The van der Waals surface area contributed by atoms with Gasteiger partial charge < -0.3 is 9.84 Å². The summed E-state index contributed by atoms with van der Waals surface area (Å²) in [6, 6.07) is 18.5. The van der Waals surface area contributed by atoms with E-state index in [0.717, 1.165) is 12.8 Å². The van der Waals surface area contributed by atoms with E-state index in [9.17, 15) is 14.4 Å². The Morgan fingerprint density at radius 2 is 1.44 bits per heavy atom. The summed E-state index contributed by atoms with van der Waals surface area (Å²) in [7, 11) is 0. The highest BCUT2D eigenvalue weighted by molar-refractivity contribution is 6.33. The molecule has 0 radical (unpaired) electrons. The van der Waals surface area contributed by atoms with Crippen molar-refractivity contribution >= 4 is 17.7 Å². The predicted octanol–water partition coefficient (Wildman–Crippen LogP) is 4.04. The van der Waals surface area contributed by atoms with Crippen LogP contribution in [-0.2, 0) is 25.5 Å². The minimum atomic E-state index is -0.950. The maximum absolute atomic E-state index is 11.7. The third kappa shape index (κ3) is 7.44. The smallest absolute Gasteiger partial charge is 0.374 e. The standard InChI is InChI=1S/C22H24O5/c23-20(22(26)27-16-6-11-21(24)25)10-5-4-7-17-12-14-19(15-13-17)18-8-2-1-3-9-18/h1-3,8-9,12-15H,4-7,10-11,16H2,(H,24,25). The van der Waals surface area contributed by atoms with Crippen molar-refractivity contribution in [3.8, 4) is 11.1 Å². The number of ketones is 1. The van der Waals surface area contributed by atoms with Crippen molar-refractivity contribution in [2.75, 3.05) is 6.61 Å². The number of Topliss-reactive ketones (excluding diaryl/α,β-unsaturated/α-hetero) is 1. The number of esters is 1. The van der Waals surface area contributed by atoms with Gasteiger partial charge in [-0.1, -0.05) is 54.6 Å². The van der Waals surface area contributed by atoms with E-state index >= 15 is 0 Å². The molecule has 0 amide bonds. The zero-order valence-electron chi connectivity index (χ0n) is 15.2. The molecule has 0 atom stereocenters. The minimum absolute atomic E-state index is 0.0371. The lowest BCUT2D eigenvalue weighted by Crippen LogP contribution is -2.18. The molecule has 2 aromatic carbocycles. The molecule has 1 N–H and O–H groups in total. The number of aryl methyl sites for hydroxylation is 1. The number of rotatable bonds is 11. The molecule has 0 aliphatic carbocycles. The monoisotopic (exact) mass is 368 g/mol. The van der Waals surface area contributed by atoms with Gasteiger partial charge in [0.25, 0.3) is 0 Å². The number of carbonyl (C=O) groups is 3. The van der Waals surface area contributed by atoms with Gasteiger partial charge in [-0.05, 0) is 42.4 Å². The molecular weight excluding hydrogens is 344 g/mol. The van der Waals surface area contributed by atoms with Crippen molar-refractivity contribution in [3.05, 3.63) is 60.2 Å². The van der Waals surface area contributed by atoms with Crippen molar-refractivity contribution in [2.45, 2.75) is 38.5 Å². The quantitative estimate of drug-likeness (QED) is 0.368. The zero-order valence-corrected chi connectivity index (χ0v) is 15.2. The summed E-state index contributed by atoms with van der Waals surface area (Å²) < 4.78 is 4.77. The summed E-state index contributed by atoms with van der Waals surface area (Å²) >= 11 is 0. The first-order valence-corrected chi connectivity index (χ1v) is 9.12. The number of unbranched alkanes of at least 4 members (excludes halogenated alkanes) is 1. The Morgan fingerprint density at radius 3 is 2.11 bits per heavy atom. The molecular formula is C22H24O5. The van der Waals surface area contributed by atoms with E-state index in [1.807, 2.05) is 18.2 Å². The van der Waals surface area contributed by atoms with Gasteiger partial charge in [0, 0.05) is 12.8 Å². The van der Waals surface area contributed by atoms with Gasteiger partial charge >= 0.3 is 11.9 Å². The summed E-state index contributed by atoms with van der Waals surface area (Å²) in [5, 5.41) is 8.49. The molecule has 0 aliphatic rings. The molecule has 0 aromatic heterocycles. The van der Waals surface area contributed by atoms with Crippen LogP contribution in [-0.4, -0.2) is 29.4 Å². The molecule has 5 heteroatoms. The number of hydrogen-bond donors (Lipinski definition) is 1. The summed E-state index contributed by atoms with van der Waals surface area (Å²) in [6.07, 6.45) is 2.56. The molecule has 0 saturated heterocycles. The molecule has 142 valence electrons. The second kappa shape index (κ2) is 10.9. The highest BCUT2D eigenvalue weighted by atomic mass is 16.5. The van der Waals surface area contributed by atoms with Crippen molar-refractivity contribution in [3.63, 3.8) is 0 Å². The summed E-state index contributed by atoms with van der Waals surface area (Å²) in [4.78, 5) is 33.6. The van der Waals surface area contributed by atoms with Crippen LogP contribution in [0.5, 0.6) is 0 Å². The van der Waals surface area contributed by atoms with Gasteiger partial charge in [0.2, 0.25) is 5.78 Å². The first-order valence-electron chi connectivity index (χ1n) is 9.12. The Kier molecular flexibility index (Phi) is 8.23. The first kappa shape index (κ1) is 20.4. The Balaban J connectivity index is 1.65. The first-order chi connectivity index (χ1) is 13.1. The van der Waals surface area contributed by atoms with Crippen molar-refractivity contribution in [2.24, 2.45) is 0 Å². The van der Waals surface area contributed by atoms with Gasteiger partial charge in [-0.25, -0.2) is 4.79 Å². The number of aliphatic carboxylic acids is 1. The van der Waals surface area contributed by atoms with E-state index in [1.165, 1.54) is 16.7 Å². The van der Waals surface area contributed by atoms with Crippen LogP contribution in [0.25, 0.3) is 11.1 Å². The predicted molar refractivity (Wildman–Crippen MR) is 102 cm³/mol. The number of benzene rings is 2. The number of carboxylic acid groups (broad SMARTS) is 1. The molecule has 0 spiro atoms. The lowest BCUT2D eigenvalue weighted by atomic mass is 10.0. The maximum Gasteiger partial charge on any atom is 0.374 e. The fraction of sp³-hybridized carbons (Fsp3) is 0.318. The third-order valence-corrected chi connectivity index (χ3v) is 4.18. The topological polar surface area (TPSA) is 80.7 Å².